The summed E-state index contributed by atoms with van der Waals surface area (Å²) in [6.07, 6.45) is 8.11. The van der Waals surface area contributed by atoms with Crippen LogP contribution in [0.4, 0.5) is 0 Å². The van der Waals surface area contributed by atoms with Crippen molar-refractivity contribution in [3.05, 3.63) is 0 Å². The van der Waals surface area contributed by atoms with E-state index in [0.29, 0.717) is 12.6 Å². The van der Waals surface area contributed by atoms with E-state index in [4.69, 9.17) is 5.11 Å². The topological polar surface area (TPSA) is 52.6 Å². The van der Waals surface area contributed by atoms with Crippen LogP contribution in [0.25, 0.3) is 0 Å². The Balaban J connectivity index is 1.70. The average Bonchev–Trinajstić information content (AvgIpc) is 2.80. The maximum atomic E-state index is 10.6. The first-order valence-electron chi connectivity index (χ1n) is 6.94. The normalized spacial score (nSPS) is 27.4. The minimum Gasteiger partial charge on any atom is -0.481 e. The van der Waals surface area contributed by atoms with E-state index in [0.717, 1.165) is 19.1 Å². The van der Waals surface area contributed by atoms with Crippen molar-refractivity contribution in [1.29, 1.82) is 0 Å². The third-order valence-electron chi connectivity index (χ3n) is 3.97. The SMILES string of the molecule is O=C(O)CCN1CCCC(NC2CCCC2)C1. The van der Waals surface area contributed by atoms with Gasteiger partial charge in [-0.1, -0.05) is 12.8 Å². The molecule has 0 aromatic carbocycles. The van der Waals surface area contributed by atoms with Gasteiger partial charge in [-0.05, 0) is 32.2 Å². The van der Waals surface area contributed by atoms with E-state index < -0.39 is 5.97 Å². The lowest BCUT2D eigenvalue weighted by Gasteiger charge is -2.34. The van der Waals surface area contributed by atoms with Crippen molar-refractivity contribution in [3.8, 4) is 0 Å². The van der Waals surface area contributed by atoms with Gasteiger partial charge in [0.15, 0.2) is 0 Å². The molecule has 4 heteroatoms. The fourth-order valence-electron chi connectivity index (χ4n) is 3.07. The summed E-state index contributed by atoms with van der Waals surface area (Å²) >= 11 is 0. The van der Waals surface area contributed by atoms with E-state index in [1.165, 1.54) is 38.5 Å². The predicted octanol–water partition coefficient (Wildman–Crippen LogP) is 1.46. The molecule has 1 aliphatic heterocycles. The number of carboxylic acids is 1. The Labute approximate surface area is 103 Å². The molecule has 1 atom stereocenters. The zero-order valence-electron chi connectivity index (χ0n) is 10.5. The number of aliphatic carboxylic acids is 1. The molecule has 1 saturated heterocycles. The summed E-state index contributed by atoms with van der Waals surface area (Å²) in [5.41, 5.74) is 0. The van der Waals surface area contributed by atoms with Crippen LogP contribution >= 0.6 is 0 Å². The van der Waals surface area contributed by atoms with Crippen molar-refractivity contribution in [2.24, 2.45) is 0 Å². The zero-order chi connectivity index (χ0) is 12.1. The quantitative estimate of drug-likeness (QED) is 0.764. The molecule has 0 aromatic rings. The van der Waals surface area contributed by atoms with Crippen LogP contribution in [0.2, 0.25) is 0 Å². The molecule has 17 heavy (non-hydrogen) atoms. The van der Waals surface area contributed by atoms with Crippen LogP contribution in [0.15, 0.2) is 0 Å². The number of carboxylic acid groups (broad SMARTS) is 1. The molecule has 0 aromatic heterocycles. The molecule has 2 aliphatic rings. The standard InChI is InChI=1S/C13H24N2O2/c16-13(17)7-9-15-8-3-6-12(10-15)14-11-4-1-2-5-11/h11-12,14H,1-10H2,(H,16,17). The van der Waals surface area contributed by atoms with Crippen LogP contribution in [0.5, 0.6) is 0 Å². The van der Waals surface area contributed by atoms with Crippen molar-refractivity contribution in [2.75, 3.05) is 19.6 Å². The van der Waals surface area contributed by atoms with Gasteiger partial charge in [0.2, 0.25) is 0 Å². The molecule has 0 spiro atoms. The highest BCUT2D eigenvalue weighted by Gasteiger charge is 2.23. The Morgan fingerprint density at radius 1 is 1.18 bits per heavy atom. The first-order chi connectivity index (χ1) is 8.24. The van der Waals surface area contributed by atoms with Crippen LogP contribution in [0.1, 0.15) is 44.9 Å². The zero-order valence-corrected chi connectivity index (χ0v) is 10.5. The van der Waals surface area contributed by atoms with Gasteiger partial charge in [-0.2, -0.15) is 0 Å². The molecule has 1 heterocycles. The second-order valence-electron chi connectivity index (χ2n) is 5.43. The molecular formula is C13H24N2O2. The van der Waals surface area contributed by atoms with Crippen molar-refractivity contribution in [1.82, 2.24) is 10.2 Å². The molecule has 98 valence electrons. The van der Waals surface area contributed by atoms with E-state index in [1.807, 2.05) is 0 Å². The number of nitrogens with one attached hydrogen (secondary N) is 1. The summed E-state index contributed by atoms with van der Waals surface area (Å²) in [5, 5.41) is 12.4. The highest BCUT2D eigenvalue weighted by Crippen LogP contribution is 2.20. The fraction of sp³-hybridized carbons (Fsp3) is 0.923. The minimum atomic E-state index is -0.684. The van der Waals surface area contributed by atoms with Gasteiger partial charge in [-0.15, -0.1) is 0 Å². The van der Waals surface area contributed by atoms with Crippen LogP contribution in [-0.4, -0.2) is 47.7 Å². The monoisotopic (exact) mass is 240 g/mol. The van der Waals surface area contributed by atoms with Gasteiger partial charge >= 0.3 is 5.97 Å². The Morgan fingerprint density at radius 2 is 1.88 bits per heavy atom. The fourth-order valence-corrected chi connectivity index (χ4v) is 3.07. The van der Waals surface area contributed by atoms with Gasteiger partial charge in [0.1, 0.15) is 0 Å². The van der Waals surface area contributed by atoms with Crippen molar-refractivity contribution >= 4 is 5.97 Å². The molecule has 1 saturated carbocycles. The number of likely N-dealkylation sites (tertiary alicyclic amines) is 1. The van der Waals surface area contributed by atoms with Gasteiger partial charge in [-0.25, -0.2) is 0 Å². The first kappa shape index (κ1) is 12.8. The molecule has 2 N–H and O–H groups in total. The molecule has 0 radical (unpaired) electrons. The van der Waals surface area contributed by atoms with Crippen LogP contribution < -0.4 is 5.32 Å². The maximum Gasteiger partial charge on any atom is 0.304 e. The van der Waals surface area contributed by atoms with Crippen molar-refractivity contribution in [2.45, 2.75) is 57.0 Å². The van der Waals surface area contributed by atoms with Crippen LogP contribution in [0.3, 0.4) is 0 Å². The number of rotatable bonds is 5. The van der Waals surface area contributed by atoms with Gasteiger partial charge in [0, 0.05) is 25.2 Å². The average molecular weight is 240 g/mol. The number of carbonyl (C=O) groups is 1. The largest absolute Gasteiger partial charge is 0.481 e. The van der Waals surface area contributed by atoms with Crippen molar-refractivity contribution in [3.63, 3.8) is 0 Å². The smallest absolute Gasteiger partial charge is 0.304 e. The number of hydrogen-bond acceptors (Lipinski definition) is 3. The summed E-state index contributed by atoms with van der Waals surface area (Å²) in [5.74, 6) is -0.684. The predicted molar refractivity (Wildman–Crippen MR) is 67.1 cm³/mol. The Bertz CT molecular complexity index is 252. The molecule has 0 amide bonds. The lowest BCUT2D eigenvalue weighted by atomic mass is 10.0. The molecule has 1 aliphatic carbocycles. The van der Waals surface area contributed by atoms with E-state index in [9.17, 15) is 4.79 Å². The second-order valence-corrected chi connectivity index (χ2v) is 5.43. The van der Waals surface area contributed by atoms with E-state index >= 15 is 0 Å². The molecule has 0 bridgehead atoms. The Morgan fingerprint density at radius 3 is 2.59 bits per heavy atom. The van der Waals surface area contributed by atoms with E-state index in [-0.39, 0.29) is 6.42 Å². The molecular weight excluding hydrogens is 216 g/mol. The molecule has 1 unspecified atom stereocenters. The summed E-state index contributed by atoms with van der Waals surface area (Å²) in [6, 6.07) is 1.31. The summed E-state index contributed by atoms with van der Waals surface area (Å²) in [6.45, 7) is 2.80. The number of hydrogen-bond donors (Lipinski definition) is 2. The van der Waals surface area contributed by atoms with Crippen LogP contribution in [0, 0.1) is 0 Å². The molecule has 4 nitrogen and oxygen atoms in total. The highest BCUT2D eigenvalue weighted by atomic mass is 16.4. The van der Waals surface area contributed by atoms with E-state index in [1.54, 1.807) is 0 Å². The van der Waals surface area contributed by atoms with Crippen LogP contribution in [-0.2, 0) is 4.79 Å². The maximum absolute atomic E-state index is 10.6. The number of piperidine rings is 1. The van der Waals surface area contributed by atoms with Gasteiger partial charge in [0.25, 0.3) is 0 Å². The number of nitrogens with zero attached hydrogens (tertiary/aromatic N) is 1. The van der Waals surface area contributed by atoms with Gasteiger partial charge in [-0.3, -0.25) is 4.79 Å². The van der Waals surface area contributed by atoms with E-state index in [2.05, 4.69) is 10.2 Å². The van der Waals surface area contributed by atoms with Gasteiger partial charge < -0.3 is 15.3 Å². The lowest BCUT2D eigenvalue weighted by Crippen LogP contribution is -2.48. The van der Waals surface area contributed by atoms with Gasteiger partial charge in [0.05, 0.1) is 6.42 Å². The lowest BCUT2D eigenvalue weighted by molar-refractivity contribution is -0.137. The van der Waals surface area contributed by atoms with Crippen molar-refractivity contribution < 1.29 is 9.90 Å². The third-order valence-corrected chi connectivity index (χ3v) is 3.97. The first-order valence-corrected chi connectivity index (χ1v) is 6.94. The Hall–Kier alpha value is -0.610. The summed E-state index contributed by atoms with van der Waals surface area (Å²) in [4.78, 5) is 12.9. The molecule has 2 rings (SSSR count). The Kier molecular flexibility index (Phi) is 4.80. The molecule has 2 fully saturated rings. The second kappa shape index (κ2) is 6.36. The third kappa shape index (κ3) is 4.28. The summed E-state index contributed by atoms with van der Waals surface area (Å²) < 4.78 is 0. The minimum absolute atomic E-state index is 0.274. The summed E-state index contributed by atoms with van der Waals surface area (Å²) in [7, 11) is 0. The highest BCUT2D eigenvalue weighted by molar-refractivity contribution is 5.66.